The molecule has 0 spiro atoms. The zero-order valence-electron chi connectivity index (χ0n) is 12.7. The first-order valence-electron chi connectivity index (χ1n) is 7.28. The fourth-order valence-electron chi connectivity index (χ4n) is 2.58. The summed E-state index contributed by atoms with van der Waals surface area (Å²) < 4.78 is 16.6. The maximum absolute atomic E-state index is 5.68. The van der Waals surface area contributed by atoms with Gasteiger partial charge in [0, 0.05) is 19.8 Å². The van der Waals surface area contributed by atoms with E-state index in [1.165, 1.54) is 0 Å². The molecule has 0 amide bonds. The second-order valence-electron chi connectivity index (χ2n) is 6.02. The molecule has 2 aromatic heterocycles. The lowest BCUT2D eigenvalue weighted by Gasteiger charge is -2.33. The zero-order valence-corrected chi connectivity index (χ0v) is 12.7. The number of rotatable bonds is 4. The lowest BCUT2D eigenvalue weighted by molar-refractivity contribution is 0.0298. The van der Waals surface area contributed by atoms with Crippen LogP contribution in [0.1, 0.15) is 31.3 Å². The van der Waals surface area contributed by atoms with Gasteiger partial charge >= 0.3 is 6.01 Å². The van der Waals surface area contributed by atoms with Gasteiger partial charge in [-0.25, -0.2) is 0 Å². The van der Waals surface area contributed by atoms with Gasteiger partial charge in [0.15, 0.2) is 0 Å². The fraction of sp³-hybridized carbons (Fsp3) is 0.600. The van der Waals surface area contributed by atoms with Crippen LogP contribution in [-0.4, -0.2) is 30.0 Å². The van der Waals surface area contributed by atoms with Gasteiger partial charge in [-0.05, 0) is 38.2 Å². The van der Waals surface area contributed by atoms with E-state index in [0.717, 1.165) is 49.7 Å². The van der Waals surface area contributed by atoms with Gasteiger partial charge in [0.2, 0.25) is 0 Å². The standard InChI is InChI=1S/C15H21N3O3/c1-10-8-12(11(2)20-10)13-17-18-14(21-13)16-9-15(3)4-6-19-7-5-15/h8H,4-7,9H2,1-3H3,(H,16,18). The predicted octanol–water partition coefficient (Wildman–Crippen LogP) is 3.18. The third-order valence-electron chi connectivity index (χ3n) is 4.06. The van der Waals surface area contributed by atoms with Crippen LogP contribution in [0.15, 0.2) is 14.9 Å². The summed E-state index contributed by atoms with van der Waals surface area (Å²) in [6, 6.07) is 2.36. The molecule has 0 aliphatic carbocycles. The Labute approximate surface area is 123 Å². The molecule has 1 N–H and O–H groups in total. The van der Waals surface area contributed by atoms with Gasteiger partial charge in [-0.3, -0.25) is 0 Å². The second-order valence-corrected chi connectivity index (χ2v) is 6.02. The minimum absolute atomic E-state index is 0.217. The molecular weight excluding hydrogens is 270 g/mol. The molecule has 0 unspecified atom stereocenters. The highest BCUT2D eigenvalue weighted by Gasteiger charge is 2.27. The molecule has 0 aromatic carbocycles. The van der Waals surface area contributed by atoms with Crippen molar-refractivity contribution in [1.82, 2.24) is 10.2 Å². The molecule has 1 fully saturated rings. The number of aryl methyl sites for hydroxylation is 2. The van der Waals surface area contributed by atoms with Gasteiger partial charge in [0.1, 0.15) is 11.5 Å². The van der Waals surface area contributed by atoms with E-state index in [-0.39, 0.29) is 5.41 Å². The average molecular weight is 291 g/mol. The highest BCUT2D eigenvalue weighted by atomic mass is 16.5. The van der Waals surface area contributed by atoms with Crippen molar-refractivity contribution >= 4 is 6.01 Å². The Kier molecular flexibility index (Phi) is 3.71. The van der Waals surface area contributed by atoms with Gasteiger partial charge in [0.25, 0.3) is 5.89 Å². The molecule has 21 heavy (non-hydrogen) atoms. The van der Waals surface area contributed by atoms with Crippen LogP contribution < -0.4 is 5.32 Å². The SMILES string of the molecule is Cc1cc(-c2nnc(NCC3(C)CCOCC3)o2)c(C)o1. The Balaban J connectivity index is 1.66. The first kappa shape index (κ1) is 14.1. The molecule has 6 heteroatoms. The summed E-state index contributed by atoms with van der Waals surface area (Å²) in [5, 5.41) is 11.4. The lowest BCUT2D eigenvalue weighted by atomic mass is 9.82. The molecule has 0 radical (unpaired) electrons. The largest absolute Gasteiger partial charge is 0.466 e. The fourth-order valence-corrected chi connectivity index (χ4v) is 2.58. The molecule has 0 bridgehead atoms. The Morgan fingerprint density at radius 2 is 1.95 bits per heavy atom. The molecule has 1 aliphatic heterocycles. The number of hydrogen-bond donors (Lipinski definition) is 1. The van der Waals surface area contributed by atoms with Crippen molar-refractivity contribution in [3.63, 3.8) is 0 Å². The predicted molar refractivity (Wildman–Crippen MR) is 78.1 cm³/mol. The van der Waals surface area contributed by atoms with E-state index >= 15 is 0 Å². The van der Waals surface area contributed by atoms with Crippen LogP contribution in [0.5, 0.6) is 0 Å². The minimum Gasteiger partial charge on any atom is -0.466 e. The van der Waals surface area contributed by atoms with Crippen molar-refractivity contribution in [2.75, 3.05) is 25.1 Å². The average Bonchev–Trinajstić information content (AvgIpc) is 3.04. The van der Waals surface area contributed by atoms with Crippen molar-refractivity contribution in [3.05, 3.63) is 17.6 Å². The molecule has 0 saturated carbocycles. The summed E-state index contributed by atoms with van der Waals surface area (Å²) in [5.74, 6) is 2.12. The Hall–Kier alpha value is -1.82. The van der Waals surface area contributed by atoms with E-state index in [1.807, 2.05) is 19.9 Å². The van der Waals surface area contributed by atoms with Gasteiger partial charge in [-0.1, -0.05) is 12.0 Å². The van der Waals surface area contributed by atoms with Crippen LogP contribution in [-0.2, 0) is 4.74 Å². The second kappa shape index (κ2) is 5.52. The number of ether oxygens (including phenoxy) is 1. The minimum atomic E-state index is 0.217. The molecule has 3 heterocycles. The van der Waals surface area contributed by atoms with E-state index in [1.54, 1.807) is 0 Å². The molecule has 6 nitrogen and oxygen atoms in total. The van der Waals surface area contributed by atoms with E-state index < -0.39 is 0 Å². The number of anilines is 1. The number of nitrogens with one attached hydrogen (secondary N) is 1. The maximum atomic E-state index is 5.68. The van der Waals surface area contributed by atoms with Gasteiger partial charge in [0.05, 0.1) is 5.56 Å². The molecular formula is C15H21N3O3. The van der Waals surface area contributed by atoms with Gasteiger partial charge < -0.3 is 18.9 Å². The number of aromatic nitrogens is 2. The van der Waals surface area contributed by atoms with Crippen LogP contribution in [0, 0.1) is 19.3 Å². The number of hydrogen-bond acceptors (Lipinski definition) is 6. The van der Waals surface area contributed by atoms with Crippen LogP contribution in [0.25, 0.3) is 11.5 Å². The van der Waals surface area contributed by atoms with Crippen molar-refractivity contribution in [3.8, 4) is 11.5 Å². The van der Waals surface area contributed by atoms with Crippen LogP contribution in [0.4, 0.5) is 6.01 Å². The first-order valence-corrected chi connectivity index (χ1v) is 7.28. The molecule has 1 aliphatic rings. The van der Waals surface area contributed by atoms with E-state index in [2.05, 4.69) is 22.4 Å². The zero-order chi connectivity index (χ0) is 14.9. The molecule has 0 atom stereocenters. The van der Waals surface area contributed by atoms with Crippen LogP contribution >= 0.6 is 0 Å². The van der Waals surface area contributed by atoms with Gasteiger partial charge in [-0.15, -0.1) is 5.10 Å². The summed E-state index contributed by atoms with van der Waals surface area (Å²) in [6.45, 7) is 8.49. The molecule has 3 rings (SSSR count). The van der Waals surface area contributed by atoms with Crippen molar-refractivity contribution in [2.45, 2.75) is 33.6 Å². The molecule has 1 saturated heterocycles. The van der Waals surface area contributed by atoms with Crippen LogP contribution in [0.2, 0.25) is 0 Å². The highest BCUT2D eigenvalue weighted by molar-refractivity contribution is 5.56. The number of furan rings is 1. The first-order chi connectivity index (χ1) is 10.1. The normalized spacial score (nSPS) is 17.9. The smallest absolute Gasteiger partial charge is 0.315 e. The summed E-state index contributed by atoms with van der Waals surface area (Å²) in [4.78, 5) is 0. The summed E-state index contributed by atoms with van der Waals surface area (Å²) in [6.07, 6.45) is 2.09. The number of nitrogens with zero attached hydrogens (tertiary/aromatic N) is 2. The third kappa shape index (κ3) is 3.10. The monoisotopic (exact) mass is 291 g/mol. The maximum Gasteiger partial charge on any atom is 0.315 e. The molecule has 114 valence electrons. The van der Waals surface area contributed by atoms with Crippen molar-refractivity contribution in [1.29, 1.82) is 0 Å². The Bertz CT molecular complexity index is 611. The topological polar surface area (TPSA) is 73.3 Å². The van der Waals surface area contributed by atoms with Crippen LogP contribution in [0.3, 0.4) is 0 Å². The third-order valence-corrected chi connectivity index (χ3v) is 4.06. The summed E-state index contributed by atoms with van der Waals surface area (Å²) >= 11 is 0. The van der Waals surface area contributed by atoms with E-state index in [0.29, 0.717) is 11.9 Å². The van der Waals surface area contributed by atoms with Gasteiger partial charge in [-0.2, -0.15) is 0 Å². The van der Waals surface area contributed by atoms with E-state index in [9.17, 15) is 0 Å². The van der Waals surface area contributed by atoms with E-state index in [4.69, 9.17) is 13.6 Å². The Morgan fingerprint density at radius 1 is 1.19 bits per heavy atom. The van der Waals surface area contributed by atoms with Crippen molar-refractivity contribution < 1.29 is 13.6 Å². The lowest BCUT2D eigenvalue weighted by Crippen LogP contribution is -2.33. The molecule has 2 aromatic rings. The Morgan fingerprint density at radius 3 is 2.62 bits per heavy atom. The van der Waals surface area contributed by atoms with Crippen molar-refractivity contribution in [2.24, 2.45) is 5.41 Å². The highest BCUT2D eigenvalue weighted by Crippen LogP contribution is 2.31. The summed E-state index contributed by atoms with van der Waals surface area (Å²) in [7, 11) is 0. The quantitative estimate of drug-likeness (QED) is 0.932. The summed E-state index contributed by atoms with van der Waals surface area (Å²) in [5.41, 5.74) is 1.07.